The Hall–Kier alpha value is -1.39. The Bertz CT molecular complexity index is 718. The van der Waals surface area contributed by atoms with Gasteiger partial charge in [0.1, 0.15) is 0 Å². The fourth-order valence-corrected chi connectivity index (χ4v) is 3.14. The Kier molecular flexibility index (Phi) is 4.45. The highest BCUT2D eigenvalue weighted by Gasteiger charge is 2.12. The lowest BCUT2D eigenvalue weighted by atomic mass is 9.93. The first-order chi connectivity index (χ1) is 9.47. The second kappa shape index (κ2) is 5.94. The summed E-state index contributed by atoms with van der Waals surface area (Å²) in [6.45, 7) is 4.29. The van der Waals surface area contributed by atoms with Crippen molar-refractivity contribution in [3.05, 3.63) is 41.5 Å². The molecule has 0 fully saturated rings. The molecule has 0 saturated heterocycles. The SMILES string of the molecule is CCCc1ccc2cc(S(=O)(=O)O)ccc2c1CCC. The van der Waals surface area contributed by atoms with Crippen molar-refractivity contribution in [2.24, 2.45) is 0 Å². The van der Waals surface area contributed by atoms with Crippen LogP contribution in [0.4, 0.5) is 0 Å². The van der Waals surface area contributed by atoms with Crippen LogP contribution in [0.5, 0.6) is 0 Å². The zero-order valence-electron chi connectivity index (χ0n) is 11.9. The molecule has 1 N–H and O–H groups in total. The first kappa shape index (κ1) is 15.0. The lowest BCUT2D eigenvalue weighted by Gasteiger charge is -2.12. The molecule has 0 atom stereocenters. The Morgan fingerprint density at radius 2 is 1.70 bits per heavy atom. The normalized spacial score (nSPS) is 11.9. The zero-order chi connectivity index (χ0) is 14.8. The van der Waals surface area contributed by atoms with E-state index in [2.05, 4.69) is 19.9 Å². The van der Waals surface area contributed by atoms with Crippen molar-refractivity contribution in [1.29, 1.82) is 0 Å². The monoisotopic (exact) mass is 292 g/mol. The molecule has 2 aromatic carbocycles. The van der Waals surface area contributed by atoms with E-state index in [1.807, 2.05) is 12.1 Å². The van der Waals surface area contributed by atoms with Gasteiger partial charge >= 0.3 is 0 Å². The molecule has 108 valence electrons. The Morgan fingerprint density at radius 1 is 1.00 bits per heavy atom. The molecule has 0 amide bonds. The van der Waals surface area contributed by atoms with Gasteiger partial charge in [-0.25, -0.2) is 0 Å². The second-order valence-corrected chi connectivity index (χ2v) is 6.48. The quantitative estimate of drug-likeness (QED) is 0.848. The van der Waals surface area contributed by atoms with Gasteiger partial charge in [-0.15, -0.1) is 0 Å². The highest BCUT2D eigenvalue weighted by molar-refractivity contribution is 7.85. The maximum Gasteiger partial charge on any atom is 0.294 e. The molecule has 0 aromatic heterocycles. The van der Waals surface area contributed by atoms with Crippen molar-refractivity contribution < 1.29 is 13.0 Å². The standard InChI is InChI=1S/C16H20O3S/c1-3-5-12-7-8-13-11-14(20(17,18)19)9-10-16(13)15(12)6-4-2/h7-11H,3-6H2,1-2H3,(H,17,18,19). The number of fused-ring (bicyclic) bond motifs is 1. The summed E-state index contributed by atoms with van der Waals surface area (Å²) < 4.78 is 31.6. The zero-order valence-corrected chi connectivity index (χ0v) is 12.7. The summed E-state index contributed by atoms with van der Waals surface area (Å²) in [7, 11) is -4.14. The molecular weight excluding hydrogens is 272 g/mol. The predicted molar refractivity (Wildman–Crippen MR) is 81.8 cm³/mol. The molecule has 0 bridgehead atoms. The summed E-state index contributed by atoms with van der Waals surface area (Å²) in [6, 6.07) is 8.84. The van der Waals surface area contributed by atoms with Crippen LogP contribution in [0.2, 0.25) is 0 Å². The molecule has 3 nitrogen and oxygen atoms in total. The van der Waals surface area contributed by atoms with Gasteiger partial charge in [0.05, 0.1) is 4.90 Å². The number of hydrogen-bond donors (Lipinski definition) is 1. The molecule has 4 heteroatoms. The number of rotatable bonds is 5. The van der Waals surface area contributed by atoms with Gasteiger partial charge in [0.15, 0.2) is 0 Å². The van der Waals surface area contributed by atoms with E-state index in [4.69, 9.17) is 4.55 Å². The number of benzene rings is 2. The van der Waals surface area contributed by atoms with Crippen molar-refractivity contribution in [3.63, 3.8) is 0 Å². The first-order valence-corrected chi connectivity index (χ1v) is 8.43. The molecule has 20 heavy (non-hydrogen) atoms. The molecule has 2 rings (SSSR count). The number of aryl methyl sites for hydroxylation is 2. The summed E-state index contributed by atoms with van der Waals surface area (Å²) in [5.74, 6) is 0. The van der Waals surface area contributed by atoms with Gasteiger partial charge in [0.25, 0.3) is 10.1 Å². The van der Waals surface area contributed by atoms with Crippen LogP contribution in [0, 0.1) is 0 Å². The summed E-state index contributed by atoms with van der Waals surface area (Å²) in [4.78, 5) is -0.0457. The van der Waals surface area contributed by atoms with Crippen LogP contribution in [0.15, 0.2) is 35.2 Å². The average Bonchev–Trinajstić information content (AvgIpc) is 2.40. The van der Waals surface area contributed by atoms with Crippen LogP contribution in [0.1, 0.15) is 37.8 Å². The fraction of sp³-hybridized carbons (Fsp3) is 0.375. The van der Waals surface area contributed by atoms with Crippen molar-refractivity contribution >= 4 is 20.9 Å². The maximum atomic E-state index is 11.2. The molecule has 0 saturated carbocycles. The summed E-state index contributed by atoms with van der Waals surface area (Å²) in [5, 5.41) is 1.95. The Labute approximate surface area is 120 Å². The second-order valence-electron chi connectivity index (χ2n) is 5.06. The van der Waals surface area contributed by atoms with E-state index in [0.717, 1.165) is 36.5 Å². The fourth-order valence-electron chi connectivity index (χ4n) is 2.63. The third kappa shape index (κ3) is 3.02. The van der Waals surface area contributed by atoms with E-state index in [1.54, 1.807) is 6.07 Å². The molecule has 0 aliphatic carbocycles. The van der Waals surface area contributed by atoms with Gasteiger partial charge < -0.3 is 0 Å². The van der Waals surface area contributed by atoms with Gasteiger partial charge in [-0.3, -0.25) is 4.55 Å². The third-order valence-electron chi connectivity index (χ3n) is 3.52. The minimum atomic E-state index is -4.14. The Balaban J connectivity index is 2.66. The lowest BCUT2D eigenvalue weighted by molar-refractivity contribution is 0.483. The van der Waals surface area contributed by atoms with Crippen LogP contribution >= 0.6 is 0 Å². The molecule has 0 aliphatic heterocycles. The first-order valence-electron chi connectivity index (χ1n) is 6.99. The molecule has 0 radical (unpaired) electrons. The highest BCUT2D eigenvalue weighted by atomic mass is 32.2. The van der Waals surface area contributed by atoms with Gasteiger partial charge in [-0.05, 0) is 46.9 Å². The number of hydrogen-bond acceptors (Lipinski definition) is 2. The van der Waals surface area contributed by atoms with Gasteiger partial charge in [0, 0.05) is 0 Å². The van der Waals surface area contributed by atoms with Crippen LogP contribution in [-0.2, 0) is 23.0 Å². The van der Waals surface area contributed by atoms with E-state index < -0.39 is 10.1 Å². The molecule has 0 unspecified atom stereocenters. The molecule has 0 heterocycles. The van der Waals surface area contributed by atoms with E-state index in [9.17, 15) is 8.42 Å². The van der Waals surface area contributed by atoms with Crippen LogP contribution in [0.25, 0.3) is 10.8 Å². The van der Waals surface area contributed by atoms with E-state index >= 15 is 0 Å². The van der Waals surface area contributed by atoms with Gasteiger partial charge in [0.2, 0.25) is 0 Å². The van der Waals surface area contributed by atoms with Crippen molar-refractivity contribution in [1.82, 2.24) is 0 Å². The smallest absolute Gasteiger partial charge is 0.282 e. The molecule has 2 aromatic rings. The van der Waals surface area contributed by atoms with E-state index in [1.165, 1.54) is 17.2 Å². The van der Waals surface area contributed by atoms with E-state index in [-0.39, 0.29) is 4.90 Å². The minimum absolute atomic E-state index is 0.0457. The van der Waals surface area contributed by atoms with Crippen molar-refractivity contribution in [2.75, 3.05) is 0 Å². The molecule has 0 spiro atoms. The minimum Gasteiger partial charge on any atom is -0.282 e. The van der Waals surface area contributed by atoms with Crippen LogP contribution < -0.4 is 0 Å². The summed E-state index contributed by atoms with van der Waals surface area (Å²) >= 11 is 0. The maximum absolute atomic E-state index is 11.2. The van der Waals surface area contributed by atoms with Gasteiger partial charge in [-0.1, -0.05) is 44.9 Å². The molecular formula is C16H20O3S. The molecule has 0 aliphatic rings. The average molecular weight is 292 g/mol. The van der Waals surface area contributed by atoms with Gasteiger partial charge in [-0.2, -0.15) is 8.42 Å². The van der Waals surface area contributed by atoms with E-state index in [0.29, 0.717) is 0 Å². The van der Waals surface area contributed by atoms with Crippen LogP contribution in [0.3, 0.4) is 0 Å². The summed E-state index contributed by atoms with van der Waals surface area (Å²) in [5.41, 5.74) is 2.63. The lowest BCUT2D eigenvalue weighted by Crippen LogP contribution is -1.99. The van der Waals surface area contributed by atoms with Crippen molar-refractivity contribution in [2.45, 2.75) is 44.4 Å². The predicted octanol–water partition coefficient (Wildman–Crippen LogP) is 3.99. The van der Waals surface area contributed by atoms with Crippen molar-refractivity contribution in [3.8, 4) is 0 Å². The van der Waals surface area contributed by atoms with Crippen LogP contribution in [-0.4, -0.2) is 13.0 Å². The topological polar surface area (TPSA) is 54.4 Å². The largest absolute Gasteiger partial charge is 0.294 e. The highest BCUT2D eigenvalue weighted by Crippen LogP contribution is 2.27. The Morgan fingerprint density at radius 3 is 2.30 bits per heavy atom. The third-order valence-corrected chi connectivity index (χ3v) is 4.37. The summed E-state index contributed by atoms with van der Waals surface area (Å²) in [6.07, 6.45) is 4.16.